The third kappa shape index (κ3) is 3.08. The van der Waals surface area contributed by atoms with E-state index >= 15 is 0 Å². The van der Waals surface area contributed by atoms with Crippen molar-refractivity contribution in [3.8, 4) is 22.5 Å². The third-order valence-electron chi connectivity index (χ3n) is 9.08. The lowest BCUT2D eigenvalue weighted by molar-refractivity contribution is 0.648. The molecule has 0 fully saturated rings. The fourth-order valence-corrected chi connectivity index (χ4v) is 7.22. The summed E-state index contributed by atoms with van der Waals surface area (Å²) in [6, 6.07) is 52.3. The van der Waals surface area contributed by atoms with Crippen LogP contribution in [0.15, 0.2) is 150 Å². The molecule has 0 bridgehead atoms. The minimum absolute atomic E-state index is 0.866. The summed E-state index contributed by atoms with van der Waals surface area (Å²) < 4.78 is 11.4. The quantitative estimate of drug-likeness (QED) is 0.156. The first-order chi connectivity index (χ1) is 21.3. The van der Waals surface area contributed by atoms with Crippen LogP contribution < -0.4 is 0 Å². The number of fused-ring (bicyclic) bond motifs is 8. The summed E-state index contributed by atoms with van der Waals surface area (Å²) in [5.74, 6) is 0. The molecule has 2 aliphatic heterocycles. The molecule has 0 N–H and O–H groups in total. The highest BCUT2D eigenvalue weighted by Crippen LogP contribution is 2.42. The van der Waals surface area contributed by atoms with Crippen LogP contribution in [0.4, 0.5) is 0 Å². The van der Waals surface area contributed by atoms with Crippen molar-refractivity contribution in [2.75, 3.05) is 0 Å². The summed E-state index contributed by atoms with van der Waals surface area (Å²) in [6.45, 7) is 0. The predicted molar refractivity (Wildman–Crippen MR) is 179 cm³/mol. The first-order valence-electron chi connectivity index (χ1n) is 14.7. The molecule has 0 spiro atoms. The second kappa shape index (κ2) is 8.37. The Kier molecular flexibility index (Phi) is 4.45. The Morgan fingerprint density at radius 3 is 1.88 bits per heavy atom. The number of rotatable bonds is 2. The van der Waals surface area contributed by atoms with Crippen molar-refractivity contribution in [2.24, 2.45) is 0 Å². The summed E-state index contributed by atoms with van der Waals surface area (Å²) in [5.41, 5.74) is 11.0. The van der Waals surface area contributed by atoms with Gasteiger partial charge in [-0.2, -0.15) is 0 Å². The van der Waals surface area contributed by atoms with Gasteiger partial charge in [-0.05, 0) is 76.5 Å². The van der Waals surface area contributed by atoms with Crippen molar-refractivity contribution in [3.05, 3.63) is 146 Å². The highest BCUT2D eigenvalue weighted by atomic mass is 16.3. The number of benzene rings is 7. The minimum Gasteiger partial charge on any atom is -0.453 e. The molecule has 3 heteroatoms. The molecular formula is C40H24N2O. The molecule has 43 heavy (non-hydrogen) atoms. The van der Waals surface area contributed by atoms with Crippen molar-refractivity contribution < 1.29 is 4.42 Å². The van der Waals surface area contributed by atoms with Crippen LogP contribution in [0.1, 0.15) is 0 Å². The molecule has 3 heterocycles. The smallest absolute Gasteiger partial charge is 0.152 e. The number of aromatic nitrogens is 2. The van der Waals surface area contributed by atoms with Gasteiger partial charge < -0.3 is 13.6 Å². The summed E-state index contributed by atoms with van der Waals surface area (Å²) in [5, 5.41) is 7.46. The van der Waals surface area contributed by atoms with Crippen LogP contribution >= 0.6 is 0 Å². The van der Waals surface area contributed by atoms with Gasteiger partial charge in [0.15, 0.2) is 11.2 Å². The van der Waals surface area contributed by atoms with E-state index in [9.17, 15) is 0 Å². The van der Waals surface area contributed by atoms with Crippen LogP contribution in [0.2, 0.25) is 0 Å². The molecule has 0 atom stereocenters. The fourth-order valence-electron chi connectivity index (χ4n) is 7.22. The lowest BCUT2D eigenvalue weighted by Crippen LogP contribution is -2.05. The van der Waals surface area contributed by atoms with Crippen molar-refractivity contribution in [2.45, 2.75) is 0 Å². The maximum atomic E-state index is 6.70. The number of hydrogen-bond donors (Lipinski definition) is 0. The van der Waals surface area contributed by atoms with Crippen molar-refractivity contribution >= 4 is 65.6 Å². The molecule has 8 aromatic rings. The zero-order valence-electron chi connectivity index (χ0n) is 23.2. The molecular weight excluding hydrogens is 524 g/mol. The van der Waals surface area contributed by atoms with E-state index < -0.39 is 0 Å². The Balaban J connectivity index is 1.25. The first-order valence-corrected chi connectivity index (χ1v) is 14.7. The molecule has 0 amide bonds. The maximum absolute atomic E-state index is 6.70. The maximum Gasteiger partial charge on any atom is 0.152 e. The summed E-state index contributed by atoms with van der Waals surface area (Å²) in [7, 11) is 0. The summed E-state index contributed by atoms with van der Waals surface area (Å²) >= 11 is 0. The fraction of sp³-hybridized carbons (Fsp3) is 0. The summed E-state index contributed by atoms with van der Waals surface area (Å²) in [4.78, 5) is 0. The monoisotopic (exact) mass is 548 g/mol. The van der Waals surface area contributed by atoms with Crippen LogP contribution in [-0.2, 0) is 0 Å². The lowest BCUT2D eigenvalue weighted by Gasteiger charge is -2.23. The van der Waals surface area contributed by atoms with Gasteiger partial charge in [0.05, 0.1) is 27.8 Å². The Morgan fingerprint density at radius 2 is 1.05 bits per heavy atom. The van der Waals surface area contributed by atoms with E-state index in [2.05, 4.69) is 155 Å². The van der Waals surface area contributed by atoms with E-state index in [0.717, 1.165) is 27.9 Å². The van der Waals surface area contributed by atoms with Gasteiger partial charge in [-0.3, -0.25) is 0 Å². The molecule has 2 aliphatic rings. The van der Waals surface area contributed by atoms with Crippen LogP contribution in [0, 0.1) is 0 Å². The number of pyridine rings is 1. The zero-order chi connectivity index (χ0) is 28.1. The second-order valence-electron chi connectivity index (χ2n) is 11.4. The van der Waals surface area contributed by atoms with Gasteiger partial charge in [0.25, 0.3) is 0 Å². The predicted octanol–water partition coefficient (Wildman–Crippen LogP) is 10.9. The van der Waals surface area contributed by atoms with Gasteiger partial charge in [-0.15, -0.1) is 0 Å². The molecule has 0 saturated heterocycles. The Morgan fingerprint density at radius 1 is 0.395 bits per heavy atom. The highest BCUT2D eigenvalue weighted by molar-refractivity contribution is 6.20. The molecule has 7 aromatic carbocycles. The largest absolute Gasteiger partial charge is 0.453 e. The van der Waals surface area contributed by atoms with E-state index in [0.29, 0.717) is 0 Å². The van der Waals surface area contributed by atoms with E-state index in [1.807, 2.05) is 0 Å². The minimum atomic E-state index is 0.866. The van der Waals surface area contributed by atoms with Crippen LogP contribution in [0.5, 0.6) is 0 Å². The van der Waals surface area contributed by atoms with Gasteiger partial charge in [-0.25, -0.2) is 0 Å². The average Bonchev–Trinajstić information content (AvgIpc) is 3.41. The average molecular weight is 549 g/mol. The number of nitrogens with zero attached hydrogens (tertiary/aromatic N) is 2. The normalized spacial score (nSPS) is 12.2. The van der Waals surface area contributed by atoms with E-state index in [4.69, 9.17) is 4.42 Å². The SMILES string of the molecule is c1ccc(-n2c3ccccc3c3cc(-c4ccc5c(c4)oc4ccc6cccc7c8ccccc8n5-c4c67)ccc32)cc1. The highest BCUT2D eigenvalue weighted by Gasteiger charge is 2.21. The molecule has 0 aliphatic carbocycles. The second-order valence-corrected chi connectivity index (χ2v) is 11.4. The van der Waals surface area contributed by atoms with E-state index in [1.54, 1.807) is 0 Å². The molecule has 3 nitrogen and oxygen atoms in total. The summed E-state index contributed by atoms with van der Waals surface area (Å²) in [6.07, 6.45) is 0. The zero-order valence-corrected chi connectivity index (χ0v) is 23.2. The van der Waals surface area contributed by atoms with Gasteiger partial charge in [-0.1, -0.05) is 91.0 Å². The molecule has 10 rings (SSSR count). The van der Waals surface area contributed by atoms with Gasteiger partial charge >= 0.3 is 0 Å². The Labute approximate surface area is 246 Å². The topological polar surface area (TPSA) is 23.0 Å². The molecule has 1 aromatic heterocycles. The Bertz CT molecular complexity index is 2670. The molecule has 0 saturated carbocycles. The van der Waals surface area contributed by atoms with Crippen molar-refractivity contribution in [1.29, 1.82) is 0 Å². The molecule has 0 radical (unpaired) electrons. The van der Waals surface area contributed by atoms with Gasteiger partial charge in [0, 0.05) is 27.2 Å². The standard InChI is InChI=1S/C40H24N2O/c1-2-10-28(11-3-1)41-33-15-6-5-13-30(33)32-23-26(17-20-35(32)41)27-18-21-36-38(24-27)43-37-22-19-25-9-8-14-31-29-12-4-7-16-34(29)42(36)40(37)39(25)31/h1-24H. The lowest BCUT2D eigenvalue weighted by atomic mass is 9.97. The third-order valence-corrected chi connectivity index (χ3v) is 9.08. The van der Waals surface area contributed by atoms with E-state index in [-0.39, 0.29) is 0 Å². The van der Waals surface area contributed by atoms with Gasteiger partial charge in [0.1, 0.15) is 0 Å². The van der Waals surface area contributed by atoms with Crippen LogP contribution in [0.3, 0.4) is 0 Å². The van der Waals surface area contributed by atoms with Crippen molar-refractivity contribution in [1.82, 2.24) is 9.13 Å². The van der Waals surface area contributed by atoms with Gasteiger partial charge in [0.2, 0.25) is 0 Å². The van der Waals surface area contributed by atoms with Crippen LogP contribution in [-0.4, -0.2) is 9.13 Å². The first kappa shape index (κ1) is 22.8. The van der Waals surface area contributed by atoms with E-state index in [1.165, 1.54) is 60.1 Å². The molecule has 0 unspecified atom stereocenters. The number of para-hydroxylation sites is 3. The van der Waals surface area contributed by atoms with Crippen LogP contribution in [0.25, 0.3) is 88.1 Å². The number of hydrogen-bond acceptors (Lipinski definition) is 1. The molecule has 200 valence electrons. The van der Waals surface area contributed by atoms with Crippen molar-refractivity contribution in [3.63, 3.8) is 0 Å². The Hall–Kier alpha value is -5.80.